The number of amides is 1. The fourth-order valence-corrected chi connectivity index (χ4v) is 1.51. The van der Waals surface area contributed by atoms with E-state index in [1.807, 2.05) is 0 Å². The van der Waals surface area contributed by atoms with E-state index < -0.39 is 22.7 Å². The monoisotopic (exact) mass is 282 g/mol. The van der Waals surface area contributed by atoms with Crippen LogP contribution in [0.2, 0.25) is 0 Å². The quantitative estimate of drug-likeness (QED) is 0.650. The van der Waals surface area contributed by atoms with Gasteiger partial charge in [0.15, 0.2) is 0 Å². The molecule has 0 bridgehead atoms. The molecule has 0 saturated carbocycles. The molecule has 0 fully saturated rings. The molecule has 2 N–H and O–H groups in total. The van der Waals surface area contributed by atoms with Gasteiger partial charge in [0.1, 0.15) is 5.60 Å². The lowest BCUT2D eigenvalue weighted by Crippen LogP contribution is -2.36. The number of carbonyl (C=O) groups excluding carboxylic acids is 1. The second-order valence-corrected chi connectivity index (χ2v) is 5.23. The lowest BCUT2D eigenvalue weighted by molar-refractivity contribution is -0.384. The minimum atomic E-state index is -0.675. The van der Waals surface area contributed by atoms with Crippen molar-refractivity contribution in [3.63, 3.8) is 0 Å². The topological polar surface area (TPSA) is 102 Å². The first-order chi connectivity index (χ1) is 9.23. The van der Waals surface area contributed by atoms with Gasteiger partial charge in [-0.15, -0.1) is 0 Å². The summed E-state index contributed by atoms with van der Waals surface area (Å²) in [6, 6.07) is 4.92. The summed E-state index contributed by atoms with van der Waals surface area (Å²) < 4.78 is 5.08. The molecule has 1 amide bonds. The number of alkyl carbamates (subject to hydrolysis) is 1. The van der Waals surface area contributed by atoms with Gasteiger partial charge < -0.3 is 15.2 Å². The van der Waals surface area contributed by atoms with Crippen LogP contribution in [-0.4, -0.2) is 28.3 Å². The molecule has 1 atom stereocenters. The summed E-state index contributed by atoms with van der Waals surface area (Å²) in [5, 5.41) is 22.4. The average Bonchev–Trinajstić information content (AvgIpc) is 2.34. The standard InChI is InChI=1S/C13H18N2O5/c1-13(2,3)20-12(17)14-11(8-16)9-4-6-10(7-5-9)15(18)19/h4-7,11,16H,8H2,1-3H3,(H,14,17). The number of hydrogen-bond donors (Lipinski definition) is 2. The molecule has 1 aromatic carbocycles. The molecule has 0 aromatic heterocycles. The third-order valence-electron chi connectivity index (χ3n) is 2.38. The van der Waals surface area contributed by atoms with Crippen molar-refractivity contribution < 1.29 is 19.6 Å². The second-order valence-electron chi connectivity index (χ2n) is 5.23. The molecule has 0 aliphatic heterocycles. The Kier molecular flexibility index (Phi) is 5.04. The van der Waals surface area contributed by atoms with E-state index in [2.05, 4.69) is 5.32 Å². The van der Waals surface area contributed by atoms with Crippen molar-refractivity contribution in [1.82, 2.24) is 5.32 Å². The molecule has 20 heavy (non-hydrogen) atoms. The number of nitro benzene ring substituents is 1. The fourth-order valence-electron chi connectivity index (χ4n) is 1.51. The number of nitro groups is 1. The highest BCUT2D eigenvalue weighted by Crippen LogP contribution is 2.18. The van der Waals surface area contributed by atoms with Crippen LogP contribution in [0.1, 0.15) is 32.4 Å². The van der Waals surface area contributed by atoms with E-state index in [4.69, 9.17) is 4.74 Å². The van der Waals surface area contributed by atoms with Crippen LogP contribution < -0.4 is 5.32 Å². The molecule has 0 heterocycles. The predicted octanol–water partition coefficient (Wildman–Crippen LogP) is 2.15. The van der Waals surface area contributed by atoms with Gasteiger partial charge in [0, 0.05) is 12.1 Å². The van der Waals surface area contributed by atoms with Crippen molar-refractivity contribution in [1.29, 1.82) is 0 Å². The summed E-state index contributed by atoms with van der Waals surface area (Å²) in [6.07, 6.45) is -0.657. The van der Waals surface area contributed by atoms with Crippen molar-refractivity contribution in [2.75, 3.05) is 6.61 Å². The largest absolute Gasteiger partial charge is 0.444 e. The molecular formula is C13H18N2O5. The van der Waals surface area contributed by atoms with Crippen LogP contribution in [0.3, 0.4) is 0 Å². The summed E-state index contributed by atoms with van der Waals surface area (Å²) in [7, 11) is 0. The molecule has 1 unspecified atom stereocenters. The SMILES string of the molecule is CC(C)(C)OC(=O)NC(CO)c1ccc([N+](=O)[O-])cc1. The highest BCUT2D eigenvalue weighted by molar-refractivity contribution is 5.68. The Hall–Kier alpha value is -2.15. The van der Waals surface area contributed by atoms with E-state index in [-0.39, 0.29) is 12.3 Å². The Labute approximate surface area is 116 Å². The van der Waals surface area contributed by atoms with Crippen molar-refractivity contribution in [2.45, 2.75) is 32.4 Å². The van der Waals surface area contributed by atoms with Crippen LogP contribution >= 0.6 is 0 Å². The Morgan fingerprint density at radius 2 is 1.95 bits per heavy atom. The van der Waals surface area contributed by atoms with Crippen LogP contribution in [0.25, 0.3) is 0 Å². The van der Waals surface area contributed by atoms with Crippen molar-refractivity contribution >= 4 is 11.8 Å². The molecule has 110 valence electrons. The number of benzene rings is 1. The minimum Gasteiger partial charge on any atom is -0.444 e. The van der Waals surface area contributed by atoms with E-state index in [1.165, 1.54) is 24.3 Å². The summed E-state index contributed by atoms with van der Waals surface area (Å²) in [5.74, 6) is 0. The molecule has 7 nitrogen and oxygen atoms in total. The zero-order valence-corrected chi connectivity index (χ0v) is 11.6. The Bertz CT molecular complexity index is 479. The van der Waals surface area contributed by atoms with Crippen molar-refractivity contribution in [2.24, 2.45) is 0 Å². The number of hydrogen-bond acceptors (Lipinski definition) is 5. The third-order valence-corrected chi connectivity index (χ3v) is 2.38. The van der Waals surface area contributed by atoms with Crippen molar-refractivity contribution in [3.05, 3.63) is 39.9 Å². The van der Waals surface area contributed by atoms with E-state index >= 15 is 0 Å². The maximum atomic E-state index is 11.6. The lowest BCUT2D eigenvalue weighted by atomic mass is 10.1. The minimum absolute atomic E-state index is 0.0530. The molecular weight excluding hydrogens is 264 g/mol. The Balaban J connectivity index is 2.75. The lowest BCUT2D eigenvalue weighted by Gasteiger charge is -2.22. The van der Waals surface area contributed by atoms with Gasteiger partial charge in [0.05, 0.1) is 17.6 Å². The van der Waals surface area contributed by atoms with Gasteiger partial charge in [-0.1, -0.05) is 12.1 Å². The zero-order valence-electron chi connectivity index (χ0n) is 11.6. The first kappa shape index (κ1) is 15.9. The molecule has 0 saturated heterocycles. The van der Waals surface area contributed by atoms with Gasteiger partial charge in [0.25, 0.3) is 5.69 Å². The highest BCUT2D eigenvalue weighted by Gasteiger charge is 2.20. The normalized spacial score (nSPS) is 12.6. The maximum Gasteiger partial charge on any atom is 0.408 e. The van der Waals surface area contributed by atoms with Gasteiger partial charge in [0.2, 0.25) is 0 Å². The van der Waals surface area contributed by atoms with Gasteiger partial charge >= 0.3 is 6.09 Å². The number of rotatable bonds is 4. The summed E-state index contributed by atoms with van der Waals surface area (Å²) >= 11 is 0. The summed E-state index contributed by atoms with van der Waals surface area (Å²) in [5.41, 5.74) is -0.133. The molecule has 0 aliphatic carbocycles. The number of ether oxygens (including phenoxy) is 1. The highest BCUT2D eigenvalue weighted by atomic mass is 16.6. The van der Waals surface area contributed by atoms with Crippen LogP contribution in [0.4, 0.5) is 10.5 Å². The van der Waals surface area contributed by atoms with Crippen LogP contribution in [-0.2, 0) is 4.74 Å². The molecule has 7 heteroatoms. The van der Waals surface area contributed by atoms with Gasteiger partial charge in [-0.25, -0.2) is 4.79 Å². The van der Waals surface area contributed by atoms with Crippen LogP contribution in [0.5, 0.6) is 0 Å². The molecule has 0 radical (unpaired) electrons. The smallest absolute Gasteiger partial charge is 0.408 e. The first-order valence-electron chi connectivity index (χ1n) is 6.07. The number of nitrogens with zero attached hydrogens (tertiary/aromatic N) is 1. The number of aliphatic hydroxyl groups is 1. The first-order valence-corrected chi connectivity index (χ1v) is 6.07. The van der Waals surface area contributed by atoms with Gasteiger partial charge in [-0.2, -0.15) is 0 Å². The number of carbonyl (C=O) groups is 1. The molecule has 1 rings (SSSR count). The van der Waals surface area contributed by atoms with E-state index in [9.17, 15) is 20.0 Å². The maximum absolute atomic E-state index is 11.6. The van der Waals surface area contributed by atoms with E-state index in [1.54, 1.807) is 20.8 Å². The number of non-ortho nitro benzene ring substituents is 1. The van der Waals surface area contributed by atoms with Crippen LogP contribution in [0.15, 0.2) is 24.3 Å². The Morgan fingerprint density at radius 3 is 2.35 bits per heavy atom. The number of nitrogens with one attached hydrogen (secondary N) is 1. The van der Waals surface area contributed by atoms with Gasteiger partial charge in [-0.3, -0.25) is 10.1 Å². The summed E-state index contributed by atoms with van der Waals surface area (Å²) in [4.78, 5) is 21.7. The van der Waals surface area contributed by atoms with E-state index in [0.29, 0.717) is 5.56 Å². The third kappa shape index (κ3) is 4.85. The predicted molar refractivity (Wildman–Crippen MR) is 72.3 cm³/mol. The van der Waals surface area contributed by atoms with E-state index in [0.717, 1.165) is 0 Å². The van der Waals surface area contributed by atoms with Crippen LogP contribution in [0, 0.1) is 10.1 Å². The summed E-state index contributed by atoms with van der Waals surface area (Å²) in [6.45, 7) is 4.85. The Morgan fingerprint density at radius 1 is 1.40 bits per heavy atom. The van der Waals surface area contributed by atoms with Gasteiger partial charge in [-0.05, 0) is 26.3 Å². The fraction of sp³-hybridized carbons (Fsp3) is 0.462. The average molecular weight is 282 g/mol. The molecule has 0 aliphatic rings. The molecule has 0 spiro atoms. The zero-order chi connectivity index (χ0) is 15.3. The second kappa shape index (κ2) is 6.33. The van der Waals surface area contributed by atoms with Crippen molar-refractivity contribution in [3.8, 4) is 0 Å². The molecule has 1 aromatic rings. The number of aliphatic hydroxyl groups excluding tert-OH is 1.